The minimum Gasteiger partial charge on any atom is -0.268 e. The minimum atomic E-state index is -0.290. The summed E-state index contributed by atoms with van der Waals surface area (Å²) >= 11 is 3.29. The van der Waals surface area contributed by atoms with E-state index in [1.54, 1.807) is 35.2 Å². The van der Waals surface area contributed by atoms with Crippen LogP contribution in [-0.2, 0) is 11.2 Å². The van der Waals surface area contributed by atoms with Gasteiger partial charge in [0.25, 0.3) is 11.8 Å². The Morgan fingerprint density at radius 2 is 1.53 bits per heavy atom. The lowest BCUT2D eigenvalue weighted by molar-refractivity contribution is 0.0893. The molecule has 5 aromatic rings. The second kappa shape index (κ2) is 8.57. The summed E-state index contributed by atoms with van der Waals surface area (Å²) < 4.78 is 1.92. The molecule has 2 amide bonds. The first kappa shape index (κ1) is 23.0. The molecule has 0 unspecified atom stereocenters. The lowest BCUT2D eigenvalue weighted by Gasteiger charge is -2.27. The van der Waals surface area contributed by atoms with E-state index in [2.05, 4.69) is 45.0 Å². The lowest BCUT2D eigenvalue weighted by Crippen LogP contribution is -2.40. The maximum absolute atomic E-state index is 13.4. The highest BCUT2D eigenvalue weighted by Gasteiger charge is 2.34. The number of benzene rings is 4. The topological polar surface area (TPSA) is 50.3 Å². The van der Waals surface area contributed by atoms with Crippen molar-refractivity contribution >= 4 is 61.6 Å². The van der Waals surface area contributed by atoms with Crippen LogP contribution in [-0.4, -0.2) is 16.8 Å². The quantitative estimate of drug-likeness (QED) is 0.183. The highest BCUT2D eigenvalue weighted by molar-refractivity contribution is 8.00. The van der Waals surface area contributed by atoms with Gasteiger partial charge < -0.3 is 0 Å². The fraction of sp³-hybridized carbons (Fsp3) is 0.167. The van der Waals surface area contributed by atoms with Crippen LogP contribution in [0.25, 0.3) is 21.0 Å². The third-order valence-electron chi connectivity index (χ3n) is 6.56. The highest BCUT2D eigenvalue weighted by Crippen LogP contribution is 2.37. The van der Waals surface area contributed by atoms with Gasteiger partial charge in [0.2, 0.25) is 0 Å². The molecule has 178 valence electrons. The SMILES string of the molecule is CC(C)(C)c1ccc(CSc2nc3ccc(N4C(=O)c5cccc6cccc(c56)C4=O)cc3s2)cc1. The van der Waals surface area contributed by atoms with Crippen LogP contribution in [0.1, 0.15) is 52.6 Å². The van der Waals surface area contributed by atoms with Crippen molar-refractivity contribution in [3.8, 4) is 0 Å². The predicted molar refractivity (Wildman–Crippen MR) is 149 cm³/mol. The monoisotopic (exact) mass is 508 g/mol. The Morgan fingerprint density at radius 3 is 2.17 bits per heavy atom. The van der Waals surface area contributed by atoms with Gasteiger partial charge in [-0.2, -0.15) is 0 Å². The molecule has 0 atom stereocenters. The standard InChI is InChI=1S/C30H24N2O2S2/c1-30(2,3)20-12-10-18(11-13-20)17-35-29-31-24-15-14-21(16-25(24)36-29)32-27(33)22-8-4-6-19-7-5-9-23(26(19)22)28(32)34/h4-16H,17H2,1-3H3. The maximum atomic E-state index is 13.4. The maximum Gasteiger partial charge on any atom is 0.265 e. The zero-order chi connectivity index (χ0) is 25.0. The molecule has 1 aromatic heterocycles. The van der Waals surface area contributed by atoms with E-state index in [0.717, 1.165) is 31.1 Å². The average Bonchev–Trinajstić information content (AvgIpc) is 3.28. The Bertz CT molecular complexity index is 1610. The Balaban J connectivity index is 1.27. The molecule has 1 aliphatic rings. The van der Waals surface area contributed by atoms with Crippen molar-refractivity contribution < 1.29 is 9.59 Å². The molecule has 4 nitrogen and oxygen atoms in total. The number of amides is 2. The first-order valence-corrected chi connectivity index (χ1v) is 13.6. The zero-order valence-electron chi connectivity index (χ0n) is 20.2. The van der Waals surface area contributed by atoms with Crippen LogP contribution < -0.4 is 4.90 Å². The Hall–Kier alpha value is -3.48. The molecule has 0 radical (unpaired) electrons. The summed E-state index contributed by atoms with van der Waals surface area (Å²) in [5.74, 6) is 0.254. The largest absolute Gasteiger partial charge is 0.268 e. The van der Waals surface area contributed by atoms with Crippen LogP contribution in [0.3, 0.4) is 0 Å². The number of thiazole rings is 1. The average molecular weight is 509 g/mol. The summed E-state index contributed by atoms with van der Waals surface area (Å²) in [4.78, 5) is 32.8. The predicted octanol–water partition coefficient (Wildman–Crippen LogP) is 7.84. The third-order valence-corrected chi connectivity index (χ3v) is 8.80. The summed E-state index contributed by atoms with van der Waals surface area (Å²) in [6.07, 6.45) is 0. The van der Waals surface area contributed by atoms with Gasteiger partial charge in [0.15, 0.2) is 4.34 Å². The molecule has 0 saturated heterocycles. The molecule has 2 heterocycles. The lowest BCUT2D eigenvalue weighted by atomic mass is 9.87. The number of rotatable bonds is 4. The number of hydrogen-bond acceptors (Lipinski definition) is 5. The molecule has 0 N–H and O–H groups in total. The van der Waals surface area contributed by atoms with Crippen molar-refractivity contribution in [2.75, 3.05) is 4.90 Å². The molecular formula is C30H24N2O2S2. The van der Waals surface area contributed by atoms with Crippen molar-refractivity contribution in [2.45, 2.75) is 36.3 Å². The molecule has 6 rings (SSSR count). The molecule has 0 aliphatic carbocycles. The summed E-state index contributed by atoms with van der Waals surface area (Å²) in [5, 5.41) is 1.64. The molecule has 1 aliphatic heterocycles. The van der Waals surface area contributed by atoms with Crippen molar-refractivity contribution in [1.29, 1.82) is 0 Å². The van der Waals surface area contributed by atoms with E-state index >= 15 is 0 Å². The fourth-order valence-corrected chi connectivity index (χ4v) is 6.66. The molecule has 0 saturated carbocycles. The zero-order valence-corrected chi connectivity index (χ0v) is 21.9. The second-order valence-corrected chi connectivity index (χ2v) is 12.3. The van der Waals surface area contributed by atoms with Crippen molar-refractivity contribution in [1.82, 2.24) is 4.98 Å². The van der Waals surface area contributed by atoms with Crippen LogP contribution in [0.5, 0.6) is 0 Å². The third kappa shape index (κ3) is 3.91. The molecule has 36 heavy (non-hydrogen) atoms. The smallest absolute Gasteiger partial charge is 0.265 e. The molecule has 0 spiro atoms. The summed E-state index contributed by atoms with van der Waals surface area (Å²) in [6, 6.07) is 25.5. The number of thioether (sulfide) groups is 1. The second-order valence-electron chi connectivity index (χ2n) is 10.0. The molecule has 6 heteroatoms. The normalized spacial score (nSPS) is 13.7. The van der Waals surface area contributed by atoms with Gasteiger partial charge in [0.05, 0.1) is 15.9 Å². The van der Waals surface area contributed by atoms with Gasteiger partial charge >= 0.3 is 0 Å². The van der Waals surface area contributed by atoms with E-state index in [-0.39, 0.29) is 17.2 Å². The van der Waals surface area contributed by atoms with E-state index in [1.807, 2.05) is 42.5 Å². The Kier molecular flexibility index (Phi) is 5.47. The van der Waals surface area contributed by atoms with Crippen LogP contribution in [0, 0.1) is 0 Å². The highest BCUT2D eigenvalue weighted by atomic mass is 32.2. The van der Waals surface area contributed by atoms with Crippen LogP contribution >= 0.6 is 23.1 Å². The van der Waals surface area contributed by atoms with Crippen LogP contribution in [0.15, 0.2) is 83.2 Å². The molecule has 4 aromatic carbocycles. The fourth-order valence-electron chi connectivity index (χ4n) is 4.60. The van der Waals surface area contributed by atoms with Gasteiger partial charge in [-0.15, -0.1) is 11.3 Å². The van der Waals surface area contributed by atoms with Gasteiger partial charge in [-0.1, -0.05) is 81.1 Å². The van der Waals surface area contributed by atoms with Gasteiger partial charge in [0, 0.05) is 22.3 Å². The first-order valence-electron chi connectivity index (χ1n) is 11.8. The van der Waals surface area contributed by atoms with Crippen molar-refractivity contribution in [3.63, 3.8) is 0 Å². The van der Waals surface area contributed by atoms with Gasteiger partial charge in [-0.3, -0.25) is 9.59 Å². The number of imide groups is 1. The van der Waals surface area contributed by atoms with Gasteiger partial charge in [-0.05, 0) is 52.3 Å². The van der Waals surface area contributed by atoms with Gasteiger partial charge in [-0.25, -0.2) is 9.88 Å². The number of hydrogen-bond donors (Lipinski definition) is 0. The van der Waals surface area contributed by atoms with E-state index < -0.39 is 0 Å². The Labute approximate surface area is 218 Å². The number of fused-ring (bicyclic) bond motifs is 1. The minimum absolute atomic E-state index is 0.141. The molecular weight excluding hydrogens is 484 g/mol. The molecule has 0 fully saturated rings. The van der Waals surface area contributed by atoms with Crippen molar-refractivity contribution in [2.24, 2.45) is 0 Å². The van der Waals surface area contributed by atoms with Crippen LogP contribution in [0.2, 0.25) is 0 Å². The van der Waals surface area contributed by atoms with Crippen LogP contribution in [0.4, 0.5) is 5.69 Å². The number of nitrogens with zero attached hydrogens (tertiary/aromatic N) is 2. The number of aromatic nitrogens is 1. The first-order chi connectivity index (χ1) is 17.3. The van der Waals surface area contributed by atoms with Gasteiger partial charge in [0.1, 0.15) is 0 Å². The summed E-state index contributed by atoms with van der Waals surface area (Å²) in [6.45, 7) is 6.66. The van der Waals surface area contributed by atoms with Crippen molar-refractivity contribution in [3.05, 3.63) is 101 Å². The van der Waals surface area contributed by atoms with E-state index in [1.165, 1.54) is 16.0 Å². The van der Waals surface area contributed by atoms with E-state index in [0.29, 0.717) is 16.8 Å². The summed E-state index contributed by atoms with van der Waals surface area (Å²) in [7, 11) is 0. The van der Waals surface area contributed by atoms with E-state index in [4.69, 9.17) is 4.98 Å². The van der Waals surface area contributed by atoms with E-state index in [9.17, 15) is 9.59 Å². The number of anilines is 1. The number of carbonyl (C=O) groups excluding carboxylic acids is 2. The number of carbonyl (C=O) groups is 2. The summed E-state index contributed by atoms with van der Waals surface area (Å²) in [5.41, 5.74) is 5.27. The Morgan fingerprint density at radius 1 is 0.861 bits per heavy atom. The molecule has 0 bridgehead atoms.